The molecule has 424 valence electrons. The summed E-state index contributed by atoms with van der Waals surface area (Å²) in [6.07, 6.45) is 29.5. The Hall–Kier alpha value is -1.76. The van der Waals surface area contributed by atoms with Crippen LogP contribution in [0.4, 0.5) is 0 Å². The summed E-state index contributed by atoms with van der Waals surface area (Å²) in [4.78, 5) is 25.9. The van der Waals surface area contributed by atoms with Gasteiger partial charge in [0.05, 0.1) is 19.8 Å². The second-order valence-electron chi connectivity index (χ2n) is 20.8. The van der Waals surface area contributed by atoms with E-state index in [9.17, 15) is 45.3 Å². The van der Waals surface area contributed by atoms with Gasteiger partial charge in [-0.3, -0.25) is 9.59 Å². The van der Waals surface area contributed by atoms with Gasteiger partial charge in [0.2, 0.25) is 0 Å². The molecule has 0 aromatic rings. The van der Waals surface area contributed by atoms with Crippen LogP contribution in [-0.4, -0.2) is 142 Å². The number of hydrogen-bond acceptors (Lipinski definition) is 15. The molecule has 0 amide bonds. The van der Waals surface area contributed by atoms with Crippen LogP contribution in [0.25, 0.3) is 0 Å². The summed E-state index contributed by atoms with van der Waals surface area (Å²) in [6.45, 7) is 2.61. The first-order valence-corrected chi connectivity index (χ1v) is 29.3. The minimum Gasteiger partial charge on any atom is -0.462 e. The van der Waals surface area contributed by atoms with Crippen LogP contribution in [0, 0.1) is 0 Å². The molecule has 0 saturated carbocycles. The van der Waals surface area contributed by atoms with Crippen LogP contribution in [0.15, 0.2) is 12.2 Å². The van der Waals surface area contributed by atoms with Crippen LogP contribution >= 0.6 is 0 Å². The number of ether oxygens (including phenoxy) is 6. The fourth-order valence-electron chi connectivity index (χ4n) is 9.44. The molecule has 0 aromatic heterocycles. The van der Waals surface area contributed by atoms with Crippen LogP contribution in [0.2, 0.25) is 0 Å². The first-order chi connectivity index (χ1) is 35.0. The molecule has 0 spiro atoms. The monoisotopic (exact) mass is 1030 g/mol. The lowest BCUT2D eigenvalue weighted by Gasteiger charge is -2.42. The highest BCUT2D eigenvalue weighted by Gasteiger charge is 2.47. The smallest absolute Gasteiger partial charge is 0.306 e. The van der Waals surface area contributed by atoms with E-state index in [-0.39, 0.29) is 26.1 Å². The maximum Gasteiger partial charge on any atom is 0.306 e. The fraction of sp³-hybridized carbons (Fsp3) is 0.930. The second kappa shape index (κ2) is 44.4. The summed E-state index contributed by atoms with van der Waals surface area (Å²) < 4.78 is 33.7. The molecule has 4 unspecified atom stereocenters. The second-order valence-corrected chi connectivity index (χ2v) is 20.8. The van der Waals surface area contributed by atoms with Crippen molar-refractivity contribution in [2.24, 2.45) is 0 Å². The lowest BCUT2D eigenvalue weighted by Crippen LogP contribution is -2.61. The molecule has 0 bridgehead atoms. The maximum absolute atomic E-state index is 13.0. The molecule has 72 heavy (non-hydrogen) atoms. The first kappa shape index (κ1) is 66.4. The van der Waals surface area contributed by atoms with Gasteiger partial charge in [-0.2, -0.15) is 0 Å². The van der Waals surface area contributed by atoms with Gasteiger partial charge >= 0.3 is 11.9 Å². The molecule has 2 aliphatic heterocycles. The zero-order chi connectivity index (χ0) is 52.4. The predicted molar refractivity (Wildman–Crippen MR) is 280 cm³/mol. The molecule has 2 rings (SSSR count). The summed E-state index contributed by atoms with van der Waals surface area (Å²) in [6, 6.07) is 0. The zero-order valence-electron chi connectivity index (χ0n) is 45.2. The van der Waals surface area contributed by atoms with Crippen molar-refractivity contribution in [1.82, 2.24) is 0 Å². The molecule has 2 fully saturated rings. The van der Waals surface area contributed by atoms with Crippen molar-refractivity contribution in [2.45, 2.75) is 313 Å². The van der Waals surface area contributed by atoms with Crippen molar-refractivity contribution >= 4 is 11.9 Å². The van der Waals surface area contributed by atoms with Gasteiger partial charge in [0, 0.05) is 12.8 Å². The quantitative estimate of drug-likeness (QED) is 0.0171. The van der Waals surface area contributed by atoms with E-state index in [0.717, 1.165) is 44.9 Å². The van der Waals surface area contributed by atoms with Crippen LogP contribution in [0.5, 0.6) is 0 Å². The molecule has 2 heterocycles. The average molecular weight is 1030 g/mol. The Bertz CT molecular complexity index is 1300. The molecule has 2 aliphatic rings. The van der Waals surface area contributed by atoms with E-state index in [2.05, 4.69) is 26.0 Å². The van der Waals surface area contributed by atoms with E-state index < -0.39 is 92.7 Å². The van der Waals surface area contributed by atoms with Crippen molar-refractivity contribution < 1.29 is 73.8 Å². The number of aliphatic hydroxyl groups excluding tert-OH is 7. The van der Waals surface area contributed by atoms with Crippen LogP contribution in [-0.2, 0) is 38.0 Å². The molecular formula is C57H106O15. The van der Waals surface area contributed by atoms with E-state index in [1.165, 1.54) is 161 Å². The summed E-state index contributed by atoms with van der Waals surface area (Å²) in [7, 11) is 0. The van der Waals surface area contributed by atoms with Gasteiger partial charge < -0.3 is 64.2 Å². The largest absolute Gasteiger partial charge is 0.462 e. The Kier molecular flexibility index (Phi) is 40.9. The topological polar surface area (TPSA) is 231 Å². The molecular weight excluding hydrogens is 925 g/mol. The molecule has 7 N–H and O–H groups in total. The van der Waals surface area contributed by atoms with Gasteiger partial charge in [-0.1, -0.05) is 212 Å². The molecule has 15 nitrogen and oxygen atoms in total. The minimum absolute atomic E-state index is 0.167. The number of carbonyl (C=O) groups is 2. The number of esters is 2. The Morgan fingerprint density at radius 1 is 0.431 bits per heavy atom. The highest BCUT2D eigenvalue weighted by molar-refractivity contribution is 5.70. The van der Waals surface area contributed by atoms with Crippen molar-refractivity contribution in [3.05, 3.63) is 12.2 Å². The highest BCUT2D eigenvalue weighted by Crippen LogP contribution is 2.27. The Morgan fingerprint density at radius 2 is 0.806 bits per heavy atom. The summed E-state index contributed by atoms with van der Waals surface area (Å²) in [5.41, 5.74) is 0. The van der Waals surface area contributed by atoms with Crippen LogP contribution in [0.1, 0.15) is 245 Å². The van der Waals surface area contributed by atoms with E-state index in [0.29, 0.717) is 12.8 Å². The van der Waals surface area contributed by atoms with Gasteiger partial charge in [-0.25, -0.2) is 0 Å². The first-order valence-electron chi connectivity index (χ1n) is 29.3. The Morgan fingerprint density at radius 3 is 1.26 bits per heavy atom. The molecule has 15 heteroatoms. The Balaban J connectivity index is 1.73. The van der Waals surface area contributed by atoms with E-state index in [1.807, 2.05) is 0 Å². The van der Waals surface area contributed by atoms with E-state index in [1.54, 1.807) is 0 Å². The van der Waals surface area contributed by atoms with Gasteiger partial charge in [-0.15, -0.1) is 0 Å². The van der Waals surface area contributed by atoms with Gasteiger partial charge in [0.15, 0.2) is 18.7 Å². The molecule has 0 aliphatic carbocycles. The minimum atomic E-state index is -1.76. The van der Waals surface area contributed by atoms with Gasteiger partial charge in [0.1, 0.15) is 55.4 Å². The molecule has 11 atom stereocenters. The van der Waals surface area contributed by atoms with E-state index >= 15 is 0 Å². The van der Waals surface area contributed by atoms with E-state index in [4.69, 9.17) is 28.4 Å². The normalized spacial score (nSPS) is 25.0. The Labute approximate surface area is 435 Å². The summed E-state index contributed by atoms with van der Waals surface area (Å²) in [5, 5.41) is 72.2. The van der Waals surface area contributed by atoms with Crippen molar-refractivity contribution in [3.8, 4) is 0 Å². The molecule has 2 saturated heterocycles. The molecule has 0 radical (unpaired) electrons. The SMILES string of the molecule is CCCC/C=C/CCCCCCCCCCCC(=O)O[C@@H](COC(=O)CCCCCCCCCCCCCCCCCCCCCCC)CO[C@@H]1O[C@H](CO[C@@H]2O[C@H](CO)[C@H](O)C(O)C2O)[C@H](O)C(O)C1O. The fourth-order valence-corrected chi connectivity index (χ4v) is 9.44. The number of allylic oxidation sites excluding steroid dienone is 2. The third-order valence-corrected chi connectivity index (χ3v) is 14.2. The zero-order valence-corrected chi connectivity index (χ0v) is 45.2. The van der Waals surface area contributed by atoms with Gasteiger partial charge in [-0.05, 0) is 32.1 Å². The number of carbonyl (C=O) groups excluding carboxylic acids is 2. The number of aliphatic hydroxyl groups is 7. The summed E-state index contributed by atoms with van der Waals surface area (Å²) in [5.74, 6) is -0.912. The predicted octanol–water partition coefficient (Wildman–Crippen LogP) is 9.72. The lowest BCUT2D eigenvalue weighted by molar-refractivity contribution is -0.332. The lowest BCUT2D eigenvalue weighted by atomic mass is 9.98. The highest BCUT2D eigenvalue weighted by atomic mass is 16.7. The standard InChI is InChI=1S/C57H106O15/c1-3-5-7-9-11-13-15-17-19-20-21-22-23-24-26-27-29-31-33-35-37-39-48(59)67-42-45(70-49(60)40-38-36-34-32-30-28-25-18-16-14-12-10-8-6-4-2)43-68-56-55(66)53(64)51(62)47(72-56)44-69-57-54(65)52(63)50(61)46(41-58)71-57/h10,12,45-47,50-58,61-66H,3-9,11,13-44H2,1-2H3/b12-10+/t45-,46+,47+,50-,51-,52?,53?,54?,55?,56+,57+/m0/s1. The van der Waals surface area contributed by atoms with Gasteiger partial charge in [0.25, 0.3) is 0 Å². The van der Waals surface area contributed by atoms with Crippen molar-refractivity contribution in [1.29, 1.82) is 0 Å². The van der Waals surface area contributed by atoms with Crippen LogP contribution in [0.3, 0.4) is 0 Å². The summed E-state index contributed by atoms with van der Waals surface area (Å²) >= 11 is 0. The van der Waals surface area contributed by atoms with Crippen molar-refractivity contribution in [3.63, 3.8) is 0 Å². The molecule has 0 aromatic carbocycles. The number of rotatable bonds is 47. The third kappa shape index (κ3) is 31.3. The average Bonchev–Trinajstić information content (AvgIpc) is 3.37. The maximum atomic E-state index is 13.0. The number of hydrogen-bond donors (Lipinski definition) is 7. The third-order valence-electron chi connectivity index (χ3n) is 14.2. The number of unbranched alkanes of at least 4 members (excludes halogenated alkanes) is 31. The van der Waals surface area contributed by atoms with Crippen molar-refractivity contribution in [2.75, 3.05) is 26.4 Å². The van der Waals surface area contributed by atoms with Crippen LogP contribution < -0.4 is 0 Å².